The Morgan fingerprint density at radius 3 is 2.81 bits per heavy atom. The van der Waals surface area contributed by atoms with Crippen molar-refractivity contribution in [3.05, 3.63) is 42.2 Å². The number of nitrogens with zero attached hydrogens (tertiary/aromatic N) is 4. The van der Waals surface area contributed by atoms with Gasteiger partial charge < -0.3 is 15.1 Å². The third-order valence-corrected chi connectivity index (χ3v) is 4.37. The lowest BCUT2D eigenvalue weighted by Gasteiger charge is -2.17. The summed E-state index contributed by atoms with van der Waals surface area (Å²) in [6, 6.07) is 7.46. The SMILES string of the molecule is CC(=O)N[C@H]1CCN(C(=O)c2cccc(-c3cncc(N(C)C)n3)c2)C1. The van der Waals surface area contributed by atoms with Crippen LogP contribution in [-0.4, -0.2) is 59.9 Å². The van der Waals surface area contributed by atoms with Crippen molar-refractivity contribution in [3.63, 3.8) is 0 Å². The first-order valence-corrected chi connectivity index (χ1v) is 8.60. The number of carbonyl (C=O) groups is 2. The second-order valence-electron chi connectivity index (χ2n) is 6.68. The van der Waals surface area contributed by atoms with E-state index in [4.69, 9.17) is 0 Å². The van der Waals surface area contributed by atoms with Gasteiger partial charge in [-0.25, -0.2) is 4.98 Å². The van der Waals surface area contributed by atoms with Crippen molar-refractivity contribution in [1.29, 1.82) is 0 Å². The first-order chi connectivity index (χ1) is 12.4. The van der Waals surface area contributed by atoms with E-state index in [1.54, 1.807) is 23.4 Å². The number of anilines is 1. The Kier molecular flexibility index (Phi) is 5.16. The Balaban J connectivity index is 1.78. The molecule has 3 rings (SSSR count). The van der Waals surface area contributed by atoms with Crippen LogP contribution in [0.4, 0.5) is 5.82 Å². The highest BCUT2D eigenvalue weighted by atomic mass is 16.2. The second kappa shape index (κ2) is 7.51. The highest BCUT2D eigenvalue weighted by Gasteiger charge is 2.27. The third kappa shape index (κ3) is 3.99. The molecule has 136 valence electrons. The molecule has 1 saturated heterocycles. The molecule has 2 heterocycles. The lowest BCUT2D eigenvalue weighted by atomic mass is 10.1. The lowest BCUT2D eigenvalue weighted by molar-refractivity contribution is -0.119. The molecule has 1 atom stereocenters. The molecule has 7 nitrogen and oxygen atoms in total. The van der Waals surface area contributed by atoms with Crippen LogP contribution in [0.15, 0.2) is 36.7 Å². The topological polar surface area (TPSA) is 78.4 Å². The molecule has 0 unspecified atom stereocenters. The Morgan fingerprint density at radius 1 is 1.27 bits per heavy atom. The predicted molar refractivity (Wildman–Crippen MR) is 99.9 cm³/mol. The first kappa shape index (κ1) is 17.8. The number of benzene rings is 1. The molecule has 2 aromatic rings. The summed E-state index contributed by atoms with van der Waals surface area (Å²) in [6.07, 6.45) is 4.17. The monoisotopic (exact) mass is 353 g/mol. The summed E-state index contributed by atoms with van der Waals surface area (Å²) < 4.78 is 0. The molecule has 2 amide bonds. The summed E-state index contributed by atoms with van der Waals surface area (Å²) in [5.74, 6) is 0.666. The van der Waals surface area contributed by atoms with E-state index in [1.807, 2.05) is 37.2 Å². The number of aromatic nitrogens is 2. The minimum absolute atomic E-state index is 0.0299. The van der Waals surface area contributed by atoms with Gasteiger partial charge in [0.1, 0.15) is 5.82 Å². The number of rotatable bonds is 4. The molecule has 0 radical (unpaired) electrons. The van der Waals surface area contributed by atoms with Crippen LogP contribution in [0.25, 0.3) is 11.3 Å². The van der Waals surface area contributed by atoms with Crippen molar-refractivity contribution in [1.82, 2.24) is 20.2 Å². The van der Waals surface area contributed by atoms with Crippen molar-refractivity contribution < 1.29 is 9.59 Å². The number of hydrogen-bond acceptors (Lipinski definition) is 5. The molecular formula is C19H23N5O2. The van der Waals surface area contributed by atoms with Crippen LogP contribution in [0.3, 0.4) is 0 Å². The van der Waals surface area contributed by atoms with Crippen LogP contribution >= 0.6 is 0 Å². The summed E-state index contributed by atoms with van der Waals surface area (Å²) in [5, 5.41) is 2.88. The van der Waals surface area contributed by atoms with Crippen molar-refractivity contribution >= 4 is 17.6 Å². The number of likely N-dealkylation sites (tertiary alicyclic amines) is 1. The lowest BCUT2D eigenvalue weighted by Crippen LogP contribution is -2.37. The molecule has 1 aliphatic heterocycles. The Bertz CT molecular complexity index is 821. The molecule has 1 N–H and O–H groups in total. The molecule has 0 spiro atoms. The Hall–Kier alpha value is -2.96. The van der Waals surface area contributed by atoms with Gasteiger partial charge in [-0.15, -0.1) is 0 Å². The zero-order valence-corrected chi connectivity index (χ0v) is 15.3. The fourth-order valence-electron chi connectivity index (χ4n) is 3.05. The van der Waals surface area contributed by atoms with E-state index in [2.05, 4.69) is 15.3 Å². The standard InChI is InChI=1S/C19H23N5O2/c1-13(25)21-16-7-8-24(12-16)19(26)15-6-4-5-14(9-15)17-10-20-11-18(22-17)23(2)3/h4-6,9-11,16H,7-8,12H2,1-3H3,(H,21,25)/t16-/m0/s1. The van der Waals surface area contributed by atoms with Crippen LogP contribution in [0.1, 0.15) is 23.7 Å². The normalized spacial score (nSPS) is 16.4. The number of carbonyl (C=O) groups excluding carboxylic acids is 2. The van der Waals surface area contributed by atoms with Crippen LogP contribution in [0, 0.1) is 0 Å². The van der Waals surface area contributed by atoms with E-state index >= 15 is 0 Å². The smallest absolute Gasteiger partial charge is 0.253 e. The fourth-order valence-corrected chi connectivity index (χ4v) is 3.05. The van der Waals surface area contributed by atoms with Crippen LogP contribution < -0.4 is 10.2 Å². The van der Waals surface area contributed by atoms with Gasteiger partial charge in [0.05, 0.1) is 18.1 Å². The van der Waals surface area contributed by atoms with Gasteiger partial charge >= 0.3 is 0 Å². The fraction of sp³-hybridized carbons (Fsp3) is 0.368. The van der Waals surface area contributed by atoms with Crippen LogP contribution in [-0.2, 0) is 4.79 Å². The second-order valence-corrected chi connectivity index (χ2v) is 6.68. The van der Waals surface area contributed by atoms with Crippen molar-refractivity contribution in [2.24, 2.45) is 0 Å². The molecule has 7 heteroatoms. The highest BCUT2D eigenvalue weighted by Crippen LogP contribution is 2.21. The average molecular weight is 353 g/mol. The molecule has 1 aliphatic rings. The maximum atomic E-state index is 12.8. The summed E-state index contributed by atoms with van der Waals surface area (Å²) in [6.45, 7) is 2.68. The van der Waals surface area contributed by atoms with E-state index in [-0.39, 0.29) is 17.9 Å². The minimum Gasteiger partial charge on any atom is -0.361 e. The van der Waals surface area contributed by atoms with E-state index in [0.29, 0.717) is 18.7 Å². The van der Waals surface area contributed by atoms with Crippen molar-refractivity contribution in [2.45, 2.75) is 19.4 Å². The molecule has 26 heavy (non-hydrogen) atoms. The van der Waals surface area contributed by atoms with Gasteiger partial charge in [-0.1, -0.05) is 12.1 Å². The third-order valence-electron chi connectivity index (χ3n) is 4.37. The van der Waals surface area contributed by atoms with Gasteiger partial charge in [0, 0.05) is 51.3 Å². The number of hydrogen-bond donors (Lipinski definition) is 1. The zero-order valence-electron chi connectivity index (χ0n) is 15.3. The number of amides is 2. The molecule has 1 aromatic carbocycles. The van der Waals surface area contributed by atoms with Gasteiger partial charge in [0.25, 0.3) is 5.91 Å². The van der Waals surface area contributed by atoms with E-state index in [9.17, 15) is 9.59 Å². The molecule has 0 bridgehead atoms. The minimum atomic E-state index is -0.0642. The summed E-state index contributed by atoms with van der Waals surface area (Å²) in [7, 11) is 3.82. The Labute approximate surface area is 153 Å². The molecule has 1 fully saturated rings. The van der Waals surface area contributed by atoms with Gasteiger partial charge in [-0.05, 0) is 18.6 Å². The largest absolute Gasteiger partial charge is 0.361 e. The Morgan fingerprint density at radius 2 is 2.08 bits per heavy atom. The molecular weight excluding hydrogens is 330 g/mol. The maximum absolute atomic E-state index is 12.8. The molecule has 0 aliphatic carbocycles. The van der Waals surface area contributed by atoms with Crippen LogP contribution in [0.2, 0.25) is 0 Å². The van der Waals surface area contributed by atoms with Crippen molar-refractivity contribution in [2.75, 3.05) is 32.1 Å². The average Bonchev–Trinajstić information content (AvgIpc) is 3.09. The van der Waals surface area contributed by atoms with Crippen LogP contribution in [0.5, 0.6) is 0 Å². The quantitative estimate of drug-likeness (QED) is 0.902. The van der Waals surface area contributed by atoms with Crippen molar-refractivity contribution in [3.8, 4) is 11.3 Å². The summed E-state index contributed by atoms with van der Waals surface area (Å²) in [4.78, 5) is 36.5. The van der Waals surface area contributed by atoms with Gasteiger partial charge in [-0.3, -0.25) is 14.6 Å². The number of nitrogens with one attached hydrogen (secondary N) is 1. The van der Waals surface area contributed by atoms with E-state index in [1.165, 1.54) is 6.92 Å². The zero-order chi connectivity index (χ0) is 18.7. The first-order valence-electron chi connectivity index (χ1n) is 8.60. The van der Waals surface area contributed by atoms with Gasteiger partial charge in [-0.2, -0.15) is 0 Å². The maximum Gasteiger partial charge on any atom is 0.253 e. The molecule has 0 saturated carbocycles. The van der Waals surface area contributed by atoms with Gasteiger partial charge in [0.2, 0.25) is 5.91 Å². The summed E-state index contributed by atoms with van der Waals surface area (Å²) in [5.41, 5.74) is 2.19. The predicted octanol–water partition coefficient (Wildman–Crippen LogP) is 1.56. The van der Waals surface area contributed by atoms with Gasteiger partial charge in [0.15, 0.2) is 0 Å². The van der Waals surface area contributed by atoms with E-state index < -0.39 is 0 Å². The molecule has 1 aromatic heterocycles. The highest BCUT2D eigenvalue weighted by molar-refractivity contribution is 5.95. The van der Waals surface area contributed by atoms with E-state index in [0.717, 1.165) is 23.5 Å². The summed E-state index contributed by atoms with van der Waals surface area (Å²) >= 11 is 0.